The molecular formula is C21H25Cl2N9. The molecule has 7 N–H and O–H groups in total. The molecule has 0 saturated carbocycles. The minimum atomic E-state index is 0.288. The molecule has 1 aliphatic heterocycles. The number of anilines is 1. The molecule has 0 spiro atoms. The van der Waals surface area contributed by atoms with Crippen molar-refractivity contribution in [1.29, 1.82) is 0 Å². The van der Waals surface area contributed by atoms with Crippen molar-refractivity contribution in [2.45, 2.75) is 25.3 Å². The number of amidine groups is 1. The topological polar surface area (TPSA) is 131 Å². The number of hydrogen-bond donors (Lipinski definition) is 5. The highest BCUT2D eigenvalue weighted by Gasteiger charge is 2.17. The molecule has 1 aliphatic rings. The molecule has 4 rings (SSSR count). The molecule has 0 radical (unpaired) electrons. The average Bonchev–Trinajstić information content (AvgIpc) is 3.12. The van der Waals surface area contributed by atoms with Gasteiger partial charge < -0.3 is 11.1 Å². The summed E-state index contributed by atoms with van der Waals surface area (Å²) in [6.07, 6.45) is 8.89. The van der Waals surface area contributed by atoms with Gasteiger partial charge in [-0.15, -0.1) is 0 Å². The van der Waals surface area contributed by atoms with Crippen molar-refractivity contribution in [2.24, 2.45) is 10.8 Å². The normalized spacial score (nSPS) is 17.2. The number of rotatable bonds is 5. The summed E-state index contributed by atoms with van der Waals surface area (Å²) >= 11 is 12.4. The molecule has 168 valence electrons. The lowest BCUT2D eigenvalue weighted by atomic mass is 10.1. The lowest BCUT2D eigenvalue weighted by molar-refractivity contribution is 0.414. The minimum Gasteiger partial charge on any atom is -0.383 e. The molecule has 9 nitrogen and oxygen atoms in total. The largest absolute Gasteiger partial charge is 0.383 e. The Hall–Kier alpha value is -2.69. The Bertz CT molecular complexity index is 1100. The van der Waals surface area contributed by atoms with E-state index in [4.69, 9.17) is 34.8 Å². The summed E-state index contributed by atoms with van der Waals surface area (Å²) in [5.74, 6) is 6.15. The Kier molecular flexibility index (Phi) is 7.23. The van der Waals surface area contributed by atoms with Crippen LogP contribution in [0.4, 0.5) is 11.5 Å². The average molecular weight is 474 g/mol. The van der Waals surface area contributed by atoms with E-state index in [1.54, 1.807) is 24.4 Å². The summed E-state index contributed by atoms with van der Waals surface area (Å²) in [5.41, 5.74) is 14.2. The van der Waals surface area contributed by atoms with E-state index in [0.717, 1.165) is 43.5 Å². The van der Waals surface area contributed by atoms with Crippen LogP contribution in [0.25, 0.3) is 11.1 Å². The summed E-state index contributed by atoms with van der Waals surface area (Å²) in [5, 5.41) is 8.76. The number of aromatic nitrogens is 3. The third kappa shape index (κ3) is 5.03. The maximum atomic E-state index is 6.30. The molecule has 0 bridgehead atoms. The molecule has 1 aromatic carbocycles. The molecule has 1 unspecified atom stereocenters. The molecule has 2 aromatic heterocycles. The zero-order chi connectivity index (χ0) is 22.5. The fourth-order valence-corrected chi connectivity index (χ4v) is 4.04. The number of aliphatic imine (C=N–C) groups is 1. The van der Waals surface area contributed by atoms with Crippen LogP contribution in [0.2, 0.25) is 10.0 Å². The van der Waals surface area contributed by atoms with Gasteiger partial charge in [-0.3, -0.25) is 16.0 Å². The first-order valence-corrected chi connectivity index (χ1v) is 11.1. The van der Waals surface area contributed by atoms with Crippen molar-refractivity contribution in [1.82, 2.24) is 31.0 Å². The molecule has 3 aromatic rings. The molecule has 1 saturated heterocycles. The number of nitrogens with one attached hydrogen (secondary N) is 3. The van der Waals surface area contributed by atoms with E-state index in [0.29, 0.717) is 33.2 Å². The number of nitrogens with zero attached hydrogens (tertiary/aromatic N) is 4. The van der Waals surface area contributed by atoms with Crippen LogP contribution in [0.3, 0.4) is 0 Å². The van der Waals surface area contributed by atoms with Gasteiger partial charge in [0.25, 0.3) is 0 Å². The summed E-state index contributed by atoms with van der Waals surface area (Å²) < 4.78 is 2.04. The highest BCUT2D eigenvalue weighted by atomic mass is 35.5. The third-order valence-electron chi connectivity index (χ3n) is 5.38. The van der Waals surface area contributed by atoms with Crippen LogP contribution in [-0.4, -0.2) is 33.7 Å². The summed E-state index contributed by atoms with van der Waals surface area (Å²) in [6, 6.07) is 7.46. The maximum absolute atomic E-state index is 6.30. The lowest BCUT2D eigenvalue weighted by Gasteiger charge is -2.14. The Morgan fingerprint density at radius 3 is 2.91 bits per heavy atom. The number of nitrogens with two attached hydrogens (primary N) is 2. The van der Waals surface area contributed by atoms with Gasteiger partial charge in [0.05, 0.1) is 33.5 Å². The number of halogens is 2. The van der Waals surface area contributed by atoms with Crippen molar-refractivity contribution >= 4 is 40.5 Å². The standard InChI is InChI=1S/C21H25Cl2N9/c22-17-4-1-5-18(19(17)23)29-21(30-31-25)16-9-13(10-27-20(16)24)14-11-28-32(12-14)15-3-2-7-26-8-6-15/h1,4-5,9-12,15,26,31H,2-3,6-8,25H2,(H2,24,27)(H,29,30). The third-order valence-corrected chi connectivity index (χ3v) is 6.19. The van der Waals surface area contributed by atoms with Crippen molar-refractivity contribution in [2.75, 3.05) is 18.8 Å². The monoisotopic (exact) mass is 473 g/mol. The second kappa shape index (κ2) is 10.3. The van der Waals surface area contributed by atoms with Gasteiger partial charge in [0.1, 0.15) is 5.82 Å². The van der Waals surface area contributed by atoms with Crippen molar-refractivity contribution in [3.05, 3.63) is 58.5 Å². The number of pyridine rings is 1. The van der Waals surface area contributed by atoms with E-state index in [-0.39, 0.29) is 5.82 Å². The van der Waals surface area contributed by atoms with Gasteiger partial charge in [-0.25, -0.2) is 9.98 Å². The van der Waals surface area contributed by atoms with Crippen molar-refractivity contribution in [3.63, 3.8) is 0 Å². The van der Waals surface area contributed by atoms with Gasteiger partial charge in [0.2, 0.25) is 0 Å². The van der Waals surface area contributed by atoms with Crippen LogP contribution in [0.5, 0.6) is 0 Å². The van der Waals surface area contributed by atoms with Gasteiger partial charge in [-0.2, -0.15) is 10.6 Å². The zero-order valence-electron chi connectivity index (χ0n) is 17.4. The van der Waals surface area contributed by atoms with Crippen LogP contribution in [-0.2, 0) is 0 Å². The van der Waals surface area contributed by atoms with E-state index >= 15 is 0 Å². The Morgan fingerprint density at radius 2 is 2.06 bits per heavy atom. The Labute approximate surface area is 196 Å². The first-order chi connectivity index (χ1) is 15.6. The number of hydrogen-bond acceptors (Lipinski definition) is 7. The second-order valence-electron chi connectivity index (χ2n) is 7.50. The van der Waals surface area contributed by atoms with Gasteiger partial charge in [0, 0.05) is 23.5 Å². The molecule has 0 aliphatic carbocycles. The van der Waals surface area contributed by atoms with Crippen molar-refractivity contribution in [3.8, 4) is 11.1 Å². The second-order valence-corrected chi connectivity index (χ2v) is 8.29. The lowest BCUT2D eigenvalue weighted by Crippen LogP contribution is -2.43. The smallest absolute Gasteiger partial charge is 0.153 e. The van der Waals surface area contributed by atoms with E-state index in [9.17, 15) is 0 Å². The van der Waals surface area contributed by atoms with Gasteiger partial charge in [0.15, 0.2) is 5.84 Å². The number of benzene rings is 1. The van der Waals surface area contributed by atoms with Crippen molar-refractivity contribution < 1.29 is 0 Å². The highest BCUT2D eigenvalue weighted by Crippen LogP contribution is 2.32. The van der Waals surface area contributed by atoms with Gasteiger partial charge in [-0.1, -0.05) is 29.3 Å². The predicted molar refractivity (Wildman–Crippen MR) is 129 cm³/mol. The zero-order valence-corrected chi connectivity index (χ0v) is 18.9. The summed E-state index contributed by atoms with van der Waals surface area (Å²) in [7, 11) is 0. The first kappa shape index (κ1) is 22.5. The molecule has 32 heavy (non-hydrogen) atoms. The van der Waals surface area contributed by atoms with E-state index < -0.39 is 0 Å². The number of hydrazine groups is 2. The fraction of sp³-hybridized carbons (Fsp3) is 0.286. The minimum absolute atomic E-state index is 0.288. The van der Waals surface area contributed by atoms with Crippen LogP contribution >= 0.6 is 23.2 Å². The van der Waals surface area contributed by atoms with Crippen LogP contribution in [0, 0.1) is 0 Å². The predicted octanol–water partition coefficient (Wildman–Crippen LogP) is 3.19. The number of nitrogen functional groups attached to an aromatic ring is 1. The highest BCUT2D eigenvalue weighted by molar-refractivity contribution is 6.43. The van der Waals surface area contributed by atoms with Gasteiger partial charge in [-0.05, 0) is 50.6 Å². The molecule has 11 heteroatoms. The molecule has 3 heterocycles. The Balaban J connectivity index is 1.68. The quantitative estimate of drug-likeness (QED) is 0.166. The van der Waals surface area contributed by atoms with Crippen LogP contribution < -0.4 is 27.9 Å². The van der Waals surface area contributed by atoms with Crippen LogP contribution in [0.15, 0.2) is 47.8 Å². The van der Waals surface area contributed by atoms with E-state index in [1.165, 1.54) is 0 Å². The maximum Gasteiger partial charge on any atom is 0.153 e. The van der Waals surface area contributed by atoms with Gasteiger partial charge >= 0.3 is 0 Å². The SMILES string of the molecule is NNNC(=Nc1cccc(Cl)c1Cl)c1cc(-c2cnn(C3CCCNCC3)c2)cnc1N. The fourth-order valence-electron chi connectivity index (χ4n) is 3.70. The molecule has 1 atom stereocenters. The summed E-state index contributed by atoms with van der Waals surface area (Å²) in [4.78, 5) is 8.92. The molecule has 0 amide bonds. The van der Waals surface area contributed by atoms with Crippen LogP contribution in [0.1, 0.15) is 30.9 Å². The van der Waals surface area contributed by atoms with E-state index in [1.807, 2.05) is 23.1 Å². The Morgan fingerprint density at radius 1 is 1.19 bits per heavy atom. The first-order valence-electron chi connectivity index (χ1n) is 10.3. The summed E-state index contributed by atoms with van der Waals surface area (Å²) in [6.45, 7) is 2.05. The molecular weight excluding hydrogens is 449 g/mol. The van der Waals surface area contributed by atoms with E-state index in [2.05, 4.69) is 31.4 Å². The molecule has 1 fully saturated rings.